The third-order valence-corrected chi connectivity index (χ3v) is 4.55. The molecule has 0 radical (unpaired) electrons. The maximum atomic E-state index is 4.42. The standard InChI is InChI=1S/C14H25N5/c1-12-4-3-5-13-15-16-14(19(12)13)6-7-18-10-8-17(2)9-11-18/h12H,3-11H2,1-2H3. The zero-order valence-corrected chi connectivity index (χ0v) is 12.2. The highest BCUT2D eigenvalue weighted by atomic mass is 15.3. The van der Waals surface area contributed by atoms with Gasteiger partial charge in [-0.3, -0.25) is 0 Å². The van der Waals surface area contributed by atoms with Crippen LogP contribution >= 0.6 is 0 Å². The number of piperazine rings is 1. The minimum Gasteiger partial charge on any atom is -0.312 e. The summed E-state index contributed by atoms with van der Waals surface area (Å²) in [6, 6.07) is 0.584. The van der Waals surface area contributed by atoms with Crippen molar-refractivity contribution < 1.29 is 0 Å². The Morgan fingerprint density at radius 2 is 1.95 bits per heavy atom. The zero-order chi connectivity index (χ0) is 13.2. The molecule has 2 aliphatic heterocycles. The third-order valence-electron chi connectivity index (χ3n) is 4.55. The maximum Gasteiger partial charge on any atom is 0.134 e. The Morgan fingerprint density at radius 1 is 1.16 bits per heavy atom. The first kappa shape index (κ1) is 13.1. The molecule has 1 fully saturated rings. The van der Waals surface area contributed by atoms with Gasteiger partial charge in [-0.1, -0.05) is 0 Å². The van der Waals surface area contributed by atoms with Crippen molar-refractivity contribution in [2.75, 3.05) is 39.8 Å². The van der Waals surface area contributed by atoms with Crippen LogP contribution in [-0.2, 0) is 12.8 Å². The monoisotopic (exact) mass is 263 g/mol. The Morgan fingerprint density at radius 3 is 2.74 bits per heavy atom. The molecule has 0 amide bonds. The number of hydrogen-bond acceptors (Lipinski definition) is 4. The highest BCUT2D eigenvalue weighted by Gasteiger charge is 2.22. The van der Waals surface area contributed by atoms with E-state index in [0.717, 1.165) is 19.4 Å². The van der Waals surface area contributed by atoms with Gasteiger partial charge in [-0.15, -0.1) is 10.2 Å². The fourth-order valence-electron chi connectivity index (χ4n) is 3.22. The summed E-state index contributed by atoms with van der Waals surface area (Å²) in [6.45, 7) is 8.17. The largest absolute Gasteiger partial charge is 0.312 e. The lowest BCUT2D eigenvalue weighted by molar-refractivity contribution is 0.154. The summed E-state index contributed by atoms with van der Waals surface area (Å²) in [5.74, 6) is 2.40. The lowest BCUT2D eigenvalue weighted by Gasteiger charge is -2.32. The van der Waals surface area contributed by atoms with Crippen LogP contribution in [0.5, 0.6) is 0 Å². The molecule has 3 heterocycles. The van der Waals surface area contributed by atoms with Crippen LogP contribution in [-0.4, -0.2) is 64.3 Å². The number of aryl methyl sites for hydroxylation is 1. The molecule has 19 heavy (non-hydrogen) atoms. The van der Waals surface area contributed by atoms with Crippen molar-refractivity contribution in [2.24, 2.45) is 0 Å². The molecule has 5 heteroatoms. The van der Waals surface area contributed by atoms with E-state index >= 15 is 0 Å². The highest BCUT2D eigenvalue weighted by Crippen LogP contribution is 2.24. The molecule has 0 bridgehead atoms. The molecule has 3 rings (SSSR count). The van der Waals surface area contributed by atoms with Crippen LogP contribution in [0.4, 0.5) is 0 Å². The fraction of sp³-hybridized carbons (Fsp3) is 0.857. The molecule has 1 atom stereocenters. The van der Waals surface area contributed by atoms with Gasteiger partial charge >= 0.3 is 0 Å². The molecule has 0 spiro atoms. The first-order valence-corrected chi connectivity index (χ1v) is 7.57. The molecule has 0 aliphatic carbocycles. The van der Waals surface area contributed by atoms with Crippen LogP contribution in [0.2, 0.25) is 0 Å². The molecular formula is C14H25N5. The molecule has 0 N–H and O–H groups in total. The summed E-state index contributed by atoms with van der Waals surface area (Å²) in [7, 11) is 2.20. The molecule has 1 saturated heterocycles. The highest BCUT2D eigenvalue weighted by molar-refractivity contribution is 5.02. The van der Waals surface area contributed by atoms with Crippen molar-refractivity contribution in [3.8, 4) is 0 Å². The third kappa shape index (κ3) is 2.82. The molecule has 2 aliphatic rings. The van der Waals surface area contributed by atoms with Crippen LogP contribution in [0.25, 0.3) is 0 Å². The summed E-state index contributed by atoms with van der Waals surface area (Å²) in [6.07, 6.45) is 4.68. The van der Waals surface area contributed by atoms with Gasteiger partial charge < -0.3 is 14.4 Å². The van der Waals surface area contributed by atoms with E-state index in [1.807, 2.05) is 0 Å². The SMILES string of the molecule is CC1CCCc2nnc(CCN3CCN(C)CC3)n21. The van der Waals surface area contributed by atoms with Crippen molar-refractivity contribution in [3.63, 3.8) is 0 Å². The average molecular weight is 263 g/mol. The molecule has 0 aromatic carbocycles. The van der Waals surface area contributed by atoms with Crippen molar-refractivity contribution in [1.29, 1.82) is 0 Å². The van der Waals surface area contributed by atoms with Gasteiger partial charge in [-0.05, 0) is 26.8 Å². The summed E-state index contributed by atoms with van der Waals surface area (Å²) < 4.78 is 2.39. The van der Waals surface area contributed by atoms with E-state index in [1.54, 1.807) is 0 Å². The normalized spacial score (nSPS) is 25.5. The maximum absolute atomic E-state index is 4.42. The fourth-order valence-corrected chi connectivity index (χ4v) is 3.22. The van der Waals surface area contributed by atoms with Gasteiger partial charge in [-0.2, -0.15) is 0 Å². The molecule has 5 nitrogen and oxygen atoms in total. The molecule has 1 aromatic rings. The second kappa shape index (κ2) is 5.59. The minimum absolute atomic E-state index is 0.584. The second-order valence-corrected chi connectivity index (χ2v) is 6.04. The second-order valence-electron chi connectivity index (χ2n) is 6.04. The number of likely N-dealkylation sites (N-methyl/N-ethyl adjacent to an activating group) is 1. The summed E-state index contributed by atoms with van der Waals surface area (Å²) in [5, 5.41) is 8.79. The lowest BCUT2D eigenvalue weighted by atomic mass is 10.1. The van der Waals surface area contributed by atoms with Gasteiger partial charge in [0.1, 0.15) is 11.6 Å². The van der Waals surface area contributed by atoms with Gasteiger partial charge in [0, 0.05) is 51.6 Å². The van der Waals surface area contributed by atoms with Gasteiger partial charge in [-0.25, -0.2) is 0 Å². The Kier molecular flexibility index (Phi) is 3.84. The minimum atomic E-state index is 0.584. The number of nitrogens with zero attached hydrogens (tertiary/aromatic N) is 5. The topological polar surface area (TPSA) is 37.2 Å². The predicted molar refractivity (Wildman–Crippen MR) is 75.3 cm³/mol. The van der Waals surface area contributed by atoms with Gasteiger partial charge in [0.2, 0.25) is 0 Å². The van der Waals surface area contributed by atoms with Crippen molar-refractivity contribution in [3.05, 3.63) is 11.6 Å². The van der Waals surface area contributed by atoms with Crippen LogP contribution in [0, 0.1) is 0 Å². The van der Waals surface area contributed by atoms with Crippen LogP contribution in [0.1, 0.15) is 37.5 Å². The zero-order valence-electron chi connectivity index (χ0n) is 12.2. The van der Waals surface area contributed by atoms with E-state index in [2.05, 4.69) is 38.5 Å². The predicted octanol–water partition coefficient (Wildman–Crippen LogP) is 0.965. The van der Waals surface area contributed by atoms with E-state index < -0.39 is 0 Å². The quantitative estimate of drug-likeness (QED) is 0.814. The Labute approximate surface area is 115 Å². The van der Waals surface area contributed by atoms with Crippen molar-refractivity contribution in [1.82, 2.24) is 24.6 Å². The number of fused-ring (bicyclic) bond motifs is 1. The first-order valence-electron chi connectivity index (χ1n) is 7.57. The molecule has 106 valence electrons. The number of aromatic nitrogens is 3. The van der Waals surface area contributed by atoms with Gasteiger partial charge in [0.15, 0.2) is 0 Å². The van der Waals surface area contributed by atoms with Crippen LogP contribution in [0.15, 0.2) is 0 Å². The Balaban J connectivity index is 1.60. The summed E-state index contributed by atoms with van der Waals surface area (Å²) in [4.78, 5) is 4.95. The molecule has 1 aromatic heterocycles. The molecule has 0 saturated carbocycles. The van der Waals surface area contributed by atoms with E-state index in [4.69, 9.17) is 0 Å². The average Bonchev–Trinajstić information content (AvgIpc) is 2.83. The van der Waals surface area contributed by atoms with E-state index in [1.165, 1.54) is 50.7 Å². The molecular weight excluding hydrogens is 238 g/mol. The van der Waals surface area contributed by atoms with Gasteiger partial charge in [0.25, 0.3) is 0 Å². The smallest absolute Gasteiger partial charge is 0.134 e. The van der Waals surface area contributed by atoms with E-state index in [-0.39, 0.29) is 0 Å². The van der Waals surface area contributed by atoms with Crippen LogP contribution in [0.3, 0.4) is 0 Å². The Hall–Kier alpha value is -0.940. The Bertz CT molecular complexity index is 419. The van der Waals surface area contributed by atoms with E-state index in [0.29, 0.717) is 6.04 Å². The van der Waals surface area contributed by atoms with Crippen molar-refractivity contribution in [2.45, 2.75) is 38.6 Å². The number of rotatable bonds is 3. The number of hydrogen-bond donors (Lipinski definition) is 0. The summed E-state index contributed by atoms with van der Waals surface area (Å²) in [5.41, 5.74) is 0. The lowest BCUT2D eigenvalue weighted by Crippen LogP contribution is -2.45. The van der Waals surface area contributed by atoms with Crippen LogP contribution < -0.4 is 0 Å². The summed E-state index contributed by atoms with van der Waals surface area (Å²) >= 11 is 0. The van der Waals surface area contributed by atoms with Gasteiger partial charge in [0.05, 0.1) is 0 Å². The van der Waals surface area contributed by atoms with E-state index in [9.17, 15) is 0 Å². The molecule has 1 unspecified atom stereocenters. The van der Waals surface area contributed by atoms with Crippen molar-refractivity contribution >= 4 is 0 Å². The first-order chi connectivity index (χ1) is 9.24.